The van der Waals surface area contributed by atoms with Crippen molar-refractivity contribution in [3.8, 4) is 0 Å². The highest BCUT2D eigenvalue weighted by molar-refractivity contribution is 6.26. The van der Waals surface area contributed by atoms with Crippen LogP contribution in [0.1, 0.15) is 46.0 Å². The Labute approximate surface area is 285 Å². The number of Topliss-reactive ketones (excluding diaryl/α,β-unsaturated/α-hetero) is 4. The van der Waals surface area contributed by atoms with Crippen LogP contribution in [0.25, 0.3) is 0 Å². The average molecular weight is 679 g/mol. The number of unbranched alkanes of at least 4 members (excludes halogenated alkanes) is 4. The quantitative estimate of drug-likeness (QED) is 0.0721. The first-order chi connectivity index (χ1) is 23.6. The minimum Gasteiger partial charge on any atom is -0.396 e. The molecular weight excluding hydrogens is 632 g/mol. The lowest BCUT2D eigenvalue weighted by atomic mass is 9.82. The van der Waals surface area contributed by atoms with E-state index in [4.69, 9.17) is 9.47 Å². The number of allylic oxidation sites excluding steroid dienone is 4. The van der Waals surface area contributed by atoms with Gasteiger partial charge in [0, 0.05) is 74.8 Å². The summed E-state index contributed by atoms with van der Waals surface area (Å²) in [6, 6.07) is 0.321. The Kier molecular flexibility index (Phi) is 7.74. The van der Waals surface area contributed by atoms with Crippen molar-refractivity contribution in [2.24, 2.45) is 11.8 Å². The molecule has 0 aromatic heterocycles. The van der Waals surface area contributed by atoms with Gasteiger partial charge in [-0.15, -0.1) is 0 Å². The number of rotatable bonds is 14. The molecule has 8 aliphatic rings. The average Bonchev–Trinajstić information content (AvgIpc) is 3.93. The molecule has 264 valence electrons. The number of nitrogens with zero attached hydrogens (tertiary/aromatic N) is 2. The second-order valence-corrected chi connectivity index (χ2v) is 14.6. The molecule has 4 fully saturated rings. The molecule has 0 saturated carbocycles. The van der Waals surface area contributed by atoms with E-state index in [1.54, 1.807) is 28.1 Å². The van der Waals surface area contributed by atoms with Crippen LogP contribution < -0.4 is 21.3 Å². The highest BCUT2D eigenvalue weighted by Crippen LogP contribution is 2.56. The molecule has 49 heavy (non-hydrogen) atoms. The molecule has 0 aromatic rings. The molecule has 6 aliphatic heterocycles. The van der Waals surface area contributed by atoms with E-state index < -0.39 is 23.3 Å². The second kappa shape index (κ2) is 11.6. The molecule has 0 bridgehead atoms. The third-order valence-corrected chi connectivity index (χ3v) is 12.4. The Balaban J connectivity index is 0.809. The van der Waals surface area contributed by atoms with Crippen LogP contribution in [0.15, 0.2) is 45.1 Å². The van der Waals surface area contributed by atoms with E-state index >= 15 is 0 Å². The summed E-state index contributed by atoms with van der Waals surface area (Å²) >= 11 is 0. The fraction of sp³-hybridized carbons (Fsp3) is 0.657. The summed E-state index contributed by atoms with van der Waals surface area (Å²) in [5, 5.41) is 33.9. The molecule has 0 unspecified atom stereocenters. The summed E-state index contributed by atoms with van der Waals surface area (Å²) in [4.78, 5) is 58.4. The normalized spacial score (nSPS) is 36.9. The third kappa shape index (κ3) is 4.21. The van der Waals surface area contributed by atoms with Gasteiger partial charge in [0.2, 0.25) is 23.1 Å². The first-order valence-electron chi connectivity index (χ1n) is 17.6. The van der Waals surface area contributed by atoms with Gasteiger partial charge in [-0.2, -0.15) is 0 Å². The molecule has 0 radical (unpaired) electrons. The highest BCUT2D eigenvalue weighted by atomic mass is 16.5. The van der Waals surface area contributed by atoms with Gasteiger partial charge in [-0.25, -0.2) is 0 Å². The van der Waals surface area contributed by atoms with E-state index in [0.717, 1.165) is 32.1 Å². The van der Waals surface area contributed by atoms with Gasteiger partial charge in [-0.05, 0) is 26.7 Å². The molecule has 14 nitrogen and oxygen atoms in total. The maximum absolute atomic E-state index is 13.7. The second-order valence-electron chi connectivity index (χ2n) is 14.6. The van der Waals surface area contributed by atoms with Crippen LogP contribution in [0.3, 0.4) is 0 Å². The zero-order valence-electron chi connectivity index (χ0n) is 28.5. The fourth-order valence-corrected chi connectivity index (χ4v) is 9.92. The van der Waals surface area contributed by atoms with E-state index in [9.17, 15) is 29.4 Å². The number of aliphatic hydroxyl groups excluding tert-OH is 2. The standard InChI is InChI=1S/C35H46N6O8/c1-16-24(30(46)22-18(14-42)34(48-3)32-20(38-32)12-40(34)26(22)28(16)44)36-10-8-6-5-7-9-11-37-25-17(2)29(45)27-23(31(25)47)19(15-43)35(49-4)33-21(39-33)13-41(27)35/h18-21,32-33,36-39,42-43H,5-15H2,1-4H3/t18-,19-,20+,21+,32+,33+,34-,35-/m1/s1. The number of carbonyl (C=O) groups is 4. The SMILES string of the molecule is CO[C@@]12[C@H](CO)C3=C(C(=O)C(C)=C(NCCCCCCCNC4=C(C)C(=O)C5=C(C4=O)[C@@H](CO)[C@@]4(OC)[C@H]6N[C@H]6CN54)C3=O)N1C[C@@H]1N[C@@H]12. The summed E-state index contributed by atoms with van der Waals surface area (Å²) in [5.41, 5.74) is 1.02. The maximum Gasteiger partial charge on any atom is 0.208 e. The van der Waals surface area contributed by atoms with Gasteiger partial charge in [-0.3, -0.25) is 19.2 Å². The number of aliphatic hydroxyl groups is 2. The van der Waals surface area contributed by atoms with E-state index in [0.29, 0.717) is 71.3 Å². The van der Waals surface area contributed by atoms with E-state index in [-0.39, 0.29) is 60.5 Å². The zero-order chi connectivity index (χ0) is 34.6. The highest BCUT2D eigenvalue weighted by Gasteiger charge is 2.73. The van der Waals surface area contributed by atoms with Gasteiger partial charge in [0.1, 0.15) is 0 Å². The van der Waals surface area contributed by atoms with Crippen molar-refractivity contribution in [1.29, 1.82) is 0 Å². The zero-order valence-corrected chi connectivity index (χ0v) is 28.5. The number of carbonyl (C=O) groups excluding carboxylic acids is 4. The number of fused-ring (bicyclic) bond motifs is 8. The molecule has 0 amide bonds. The summed E-state index contributed by atoms with van der Waals surface area (Å²) in [6.45, 7) is 4.99. The van der Waals surface area contributed by atoms with Crippen LogP contribution in [0.4, 0.5) is 0 Å². The van der Waals surface area contributed by atoms with Crippen LogP contribution in [0, 0.1) is 11.8 Å². The van der Waals surface area contributed by atoms with Gasteiger partial charge in [0.25, 0.3) is 0 Å². The van der Waals surface area contributed by atoms with Crippen molar-refractivity contribution < 1.29 is 38.9 Å². The number of hydrogen-bond donors (Lipinski definition) is 6. The molecule has 0 spiro atoms. The first-order valence-corrected chi connectivity index (χ1v) is 17.6. The Bertz CT molecular complexity index is 1560. The predicted octanol–water partition coefficient (Wildman–Crippen LogP) is -1.28. The number of ether oxygens (including phenoxy) is 2. The van der Waals surface area contributed by atoms with E-state index in [2.05, 4.69) is 21.3 Å². The molecule has 0 aromatic carbocycles. The lowest BCUT2D eigenvalue weighted by molar-refractivity contribution is -0.137. The summed E-state index contributed by atoms with van der Waals surface area (Å²) in [6.07, 6.45) is 4.35. The Morgan fingerprint density at radius 1 is 0.673 bits per heavy atom. The molecule has 6 N–H and O–H groups in total. The summed E-state index contributed by atoms with van der Waals surface area (Å²) in [7, 11) is 3.15. The van der Waals surface area contributed by atoms with E-state index in [1.165, 1.54) is 0 Å². The Hall–Kier alpha value is -3.40. The molecule has 14 heteroatoms. The van der Waals surface area contributed by atoms with Gasteiger partial charge in [0.05, 0.1) is 59.9 Å². The Morgan fingerprint density at radius 3 is 1.43 bits per heavy atom. The Morgan fingerprint density at radius 2 is 1.06 bits per heavy atom. The minimum absolute atomic E-state index is 0.0279. The van der Waals surface area contributed by atoms with Crippen molar-refractivity contribution in [2.75, 3.05) is 53.6 Å². The number of ketones is 4. The van der Waals surface area contributed by atoms with Crippen molar-refractivity contribution >= 4 is 23.1 Å². The lowest BCUT2D eigenvalue weighted by Crippen LogP contribution is -2.54. The number of methoxy groups -OCH3 is 2. The number of nitrogens with one attached hydrogen (secondary N) is 4. The summed E-state index contributed by atoms with van der Waals surface area (Å²) in [5.74, 6) is -2.07. The van der Waals surface area contributed by atoms with Crippen molar-refractivity contribution in [2.45, 2.75) is 81.6 Å². The van der Waals surface area contributed by atoms with Gasteiger partial charge >= 0.3 is 0 Å². The maximum atomic E-state index is 13.7. The molecule has 8 atom stereocenters. The molecule has 2 aliphatic carbocycles. The van der Waals surface area contributed by atoms with Crippen LogP contribution in [-0.4, -0.2) is 132 Å². The van der Waals surface area contributed by atoms with Crippen LogP contribution >= 0.6 is 0 Å². The van der Waals surface area contributed by atoms with Crippen molar-refractivity contribution in [1.82, 2.24) is 31.1 Å². The van der Waals surface area contributed by atoms with Crippen LogP contribution in [0.2, 0.25) is 0 Å². The molecule has 8 rings (SSSR count). The fourth-order valence-electron chi connectivity index (χ4n) is 9.92. The topological polar surface area (TPSA) is 202 Å². The monoisotopic (exact) mass is 678 g/mol. The van der Waals surface area contributed by atoms with Gasteiger partial charge in [-0.1, -0.05) is 19.3 Å². The van der Waals surface area contributed by atoms with Gasteiger partial charge < -0.3 is 50.8 Å². The van der Waals surface area contributed by atoms with Crippen LogP contribution in [0.5, 0.6) is 0 Å². The smallest absolute Gasteiger partial charge is 0.208 e. The van der Waals surface area contributed by atoms with Crippen molar-refractivity contribution in [3.63, 3.8) is 0 Å². The lowest BCUT2D eigenvalue weighted by Gasteiger charge is -2.39. The largest absolute Gasteiger partial charge is 0.396 e. The number of piperazine rings is 2. The van der Waals surface area contributed by atoms with E-state index in [1.807, 2.05) is 9.80 Å². The molecule has 6 heterocycles. The molecule has 4 saturated heterocycles. The molecular formula is C35H46N6O8. The number of hydrogen-bond acceptors (Lipinski definition) is 14. The van der Waals surface area contributed by atoms with Gasteiger partial charge in [0.15, 0.2) is 11.4 Å². The third-order valence-electron chi connectivity index (χ3n) is 12.4. The van der Waals surface area contributed by atoms with Crippen molar-refractivity contribution in [3.05, 3.63) is 45.1 Å². The van der Waals surface area contributed by atoms with Crippen LogP contribution in [-0.2, 0) is 28.7 Å². The minimum atomic E-state index is -0.921. The summed E-state index contributed by atoms with van der Waals surface area (Å²) < 4.78 is 11.9. The first kappa shape index (κ1) is 32.8. The predicted molar refractivity (Wildman–Crippen MR) is 174 cm³/mol.